The number of hydrogen-bond acceptors (Lipinski definition) is 14. The van der Waals surface area contributed by atoms with Crippen molar-refractivity contribution in [2.45, 2.75) is 24.5 Å². The van der Waals surface area contributed by atoms with E-state index in [0.29, 0.717) is 22.6 Å². The van der Waals surface area contributed by atoms with Crippen LogP contribution in [0, 0.1) is 0 Å². The van der Waals surface area contributed by atoms with Gasteiger partial charge in [-0.15, -0.1) is 10.2 Å². The number of carbonyl (C=O) groups excluding carboxylic acids is 1. The maximum atomic E-state index is 13.0. The summed E-state index contributed by atoms with van der Waals surface area (Å²) in [6.45, 7) is 0. The topological polar surface area (TPSA) is 282 Å². The van der Waals surface area contributed by atoms with E-state index in [0.717, 1.165) is 34.1 Å². The zero-order valence-electron chi connectivity index (χ0n) is 33.1. The molecule has 0 heterocycles. The summed E-state index contributed by atoms with van der Waals surface area (Å²) >= 11 is 1.39. The van der Waals surface area contributed by atoms with E-state index in [1.54, 1.807) is 60.7 Å². The Morgan fingerprint density at radius 3 is 1.63 bits per heavy atom. The summed E-state index contributed by atoms with van der Waals surface area (Å²) in [4.78, 5) is 12.7. The number of amides is 1. The third kappa shape index (κ3) is 12.4. The maximum Gasteiger partial charge on any atom is 0.298 e. The fourth-order valence-corrected chi connectivity index (χ4v) is 8.48. The molecule has 24 heteroatoms. The SMILES string of the molecule is O=C(Nc1ccc(Sc2ccc(N=Nc3c(O)c(S(=O)(=O)O)cc4cc(S(=O)(=O)O)ccc34)cc2)cc1)c1ccc(N=Nc2cc(S(=O)(=O)O)c3ccccc3c2O)cc1.[Na].[Na].[Na]. The summed E-state index contributed by atoms with van der Waals surface area (Å²) in [5.41, 5.74) is 0.843. The number of nitrogens with zero attached hydrogens (tertiary/aromatic N) is 4. The summed E-state index contributed by atoms with van der Waals surface area (Å²) in [5, 5.41) is 40.5. The molecule has 7 rings (SSSR count). The molecule has 0 saturated heterocycles. The van der Waals surface area contributed by atoms with Crippen LogP contribution in [-0.2, 0) is 30.4 Å². The van der Waals surface area contributed by atoms with Gasteiger partial charge in [-0.05, 0) is 102 Å². The molecule has 0 fully saturated rings. The third-order valence-corrected chi connectivity index (χ3v) is 12.3. The molecule has 63 heavy (non-hydrogen) atoms. The molecule has 6 N–H and O–H groups in total. The first-order valence-electron chi connectivity index (χ1n) is 16.9. The minimum Gasteiger partial charge on any atom is -0.505 e. The van der Waals surface area contributed by atoms with Crippen molar-refractivity contribution in [3.05, 3.63) is 133 Å². The summed E-state index contributed by atoms with van der Waals surface area (Å²) in [5.74, 6) is -1.66. The monoisotopic (exact) mass is 954 g/mol. The van der Waals surface area contributed by atoms with Crippen molar-refractivity contribution in [1.82, 2.24) is 0 Å². The average molecular weight is 955 g/mol. The van der Waals surface area contributed by atoms with Crippen LogP contribution in [0.1, 0.15) is 10.4 Å². The van der Waals surface area contributed by atoms with Crippen LogP contribution >= 0.6 is 11.8 Å². The van der Waals surface area contributed by atoms with Gasteiger partial charge in [0.25, 0.3) is 36.3 Å². The van der Waals surface area contributed by atoms with Crippen molar-refractivity contribution in [1.29, 1.82) is 0 Å². The normalized spacial score (nSPS) is 11.9. The standard InChI is InChI=1S/C39H27N5O12S4.3Na/c45-37-32-4-2-1-3-31(32)34(59(51,52)53)21-33(37)43-41-25-7-5-22(6-8-25)39(47)40-24-9-13-27(14-10-24)57-28-15-11-26(12-16-28)42-44-36-30-18-17-29(58(48,49)50)19-23(30)20-35(38(36)46)60(54,55)56;;;/h1-21,45-46H,(H,40,47)(H,48,49,50)(H,51,52,53)(H,54,55,56);;;. The van der Waals surface area contributed by atoms with E-state index in [1.165, 1.54) is 54.2 Å². The summed E-state index contributed by atoms with van der Waals surface area (Å²) in [7, 11) is -14.3. The Hall–Kier alpha value is -3.59. The summed E-state index contributed by atoms with van der Waals surface area (Å²) in [6.07, 6.45) is 0. The molecular weight excluding hydrogens is 928 g/mol. The minimum absolute atomic E-state index is 0. The van der Waals surface area contributed by atoms with Crippen molar-refractivity contribution >= 4 is 187 Å². The number of nitrogens with one attached hydrogen (secondary N) is 1. The zero-order chi connectivity index (χ0) is 43.0. The molecule has 7 aromatic rings. The average Bonchev–Trinajstić information content (AvgIpc) is 3.20. The fourth-order valence-electron chi connectivity index (χ4n) is 5.82. The Bertz CT molecular complexity index is 3270. The van der Waals surface area contributed by atoms with Gasteiger partial charge in [-0.3, -0.25) is 18.5 Å². The molecule has 0 aliphatic carbocycles. The van der Waals surface area contributed by atoms with Crippen LogP contribution in [0.5, 0.6) is 11.5 Å². The fraction of sp³-hybridized carbons (Fsp3) is 0. The second kappa shape index (κ2) is 21.1. The molecule has 307 valence electrons. The van der Waals surface area contributed by atoms with Crippen LogP contribution in [-0.4, -0.2) is 144 Å². The number of aromatic hydroxyl groups is 2. The number of benzene rings is 7. The third-order valence-electron chi connectivity index (χ3n) is 8.69. The van der Waals surface area contributed by atoms with Gasteiger partial charge in [0.2, 0.25) is 0 Å². The van der Waals surface area contributed by atoms with Gasteiger partial charge in [-0.2, -0.15) is 35.5 Å². The molecule has 0 aliphatic heterocycles. The van der Waals surface area contributed by atoms with Crippen LogP contribution in [0.25, 0.3) is 21.5 Å². The molecular formula is C39H27N5Na3O12S4. The van der Waals surface area contributed by atoms with Crippen LogP contribution in [0.2, 0.25) is 0 Å². The van der Waals surface area contributed by atoms with Gasteiger partial charge in [0.1, 0.15) is 21.2 Å². The first kappa shape index (κ1) is 52.0. The molecule has 0 atom stereocenters. The summed E-state index contributed by atoms with van der Waals surface area (Å²) in [6, 6.07) is 30.8. The Morgan fingerprint density at radius 2 is 1.06 bits per heavy atom. The van der Waals surface area contributed by atoms with Gasteiger partial charge in [0, 0.05) is 126 Å². The smallest absolute Gasteiger partial charge is 0.298 e. The van der Waals surface area contributed by atoms with E-state index >= 15 is 0 Å². The van der Waals surface area contributed by atoms with E-state index in [2.05, 4.69) is 25.8 Å². The Balaban J connectivity index is 0.00000290. The predicted octanol–water partition coefficient (Wildman–Crippen LogP) is 8.24. The molecule has 0 unspecified atom stereocenters. The van der Waals surface area contributed by atoms with Crippen LogP contribution in [0.15, 0.2) is 172 Å². The van der Waals surface area contributed by atoms with E-state index in [9.17, 15) is 53.9 Å². The van der Waals surface area contributed by atoms with Crippen LogP contribution in [0.3, 0.4) is 0 Å². The molecule has 0 saturated carbocycles. The first-order chi connectivity index (χ1) is 28.3. The number of carbonyl (C=O) groups is 1. The molecule has 0 spiro atoms. The van der Waals surface area contributed by atoms with Gasteiger partial charge in [-0.1, -0.05) is 42.1 Å². The van der Waals surface area contributed by atoms with Crippen LogP contribution < -0.4 is 5.32 Å². The molecule has 7 aromatic carbocycles. The number of azo groups is 2. The summed E-state index contributed by atoms with van der Waals surface area (Å²) < 4.78 is 99.9. The predicted molar refractivity (Wildman–Crippen MR) is 238 cm³/mol. The molecule has 0 bridgehead atoms. The maximum absolute atomic E-state index is 13.0. The Labute approximate surface area is 430 Å². The van der Waals surface area contributed by atoms with E-state index in [4.69, 9.17) is 0 Å². The molecule has 17 nitrogen and oxygen atoms in total. The van der Waals surface area contributed by atoms with Crippen molar-refractivity contribution in [2.75, 3.05) is 5.32 Å². The molecule has 3 radical (unpaired) electrons. The van der Waals surface area contributed by atoms with E-state index < -0.39 is 56.7 Å². The number of rotatable bonds is 11. The van der Waals surface area contributed by atoms with Gasteiger partial charge >= 0.3 is 0 Å². The Kier molecular flexibility index (Phi) is 17.5. The van der Waals surface area contributed by atoms with Gasteiger partial charge < -0.3 is 15.5 Å². The second-order valence-electron chi connectivity index (χ2n) is 12.7. The van der Waals surface area contributed by atoms with Crippen molar-refractivity contribution < 1.29 is 53.9 Å². The van der Waals surface area contributed by atoms with E-state index in [-0.39, 0.29) is 127 Å². The molecule has 1 amide bonds. The number of phenolic OH excluding ortho intramolecular Hbond substituents is 2. The minimum atomic E-state index is -4.97. The second-order valence-corrected chi connectivity index (χ2v) is 18.0. The van der Waals surface area contributed by atoms with Crippen LogP contribution in [0.4, 0.5) is 28.4 Å². The van der Waals surface area contributed by atoms with Gasteiger partial charge in [0.05, 0.1) is 16.3 Å². The Morgan fingerprint density at radius 1 is 0.524 bits per heavy atom. The quantitative estimate of drug-likeness (QED) is 0.0405. The first-order valence-corrected chi connectivity index (χ1v) is 22.1. The zero-order valence-corrected chi connectivity index (χ0v) is 42.4. The van der Waals surface area contributed by atoms with Crippen molar-refractivity contribution in [3.63, 3.8) is 0 Å². The van der Waals surface area contributed by atoms with Gasteiger partial charge in [-0.25, -0.2) is 0 Å². The molecule has 0 aromatic heterocycles. The number of anilines is 1. The van der Waals surface area contributed by atoms with Gasteiger partial charge in [0.15, 0.2) is 11.5 Å². The van der Waals surface area contributed by atoms with Crippen molar-refractivity contribution in [2.24, 2.45) is 20.5 Å². The number of phenols is 2. The van der Waals surface area contributed by atoms with Crippen molar-refractivity contribution in [3.8, 4) is 11.5 Å². The largest absolute Gasteiger partial charge is 0.505 e. The number of hydrogen-bond donors (Lipinski definition) is 6. The molecule has 0 aliphatic rings. The number of fused-ring (bicyclic) bond motifs is 2. The van der Waals surface area contributed by atoms with E-state index in [1.807, 2.05) is 0 Å².